The Bertz CT molecular complexity index is 1030. The summed E-state index contributed by atoms with van der Waals surface area (Å²) < 4.78 is 30.5. The van der Waals surface area contributed by atoms with Gasteiger partial charge in [0.1, 0.15) is 18.3 Å². The number of carbonyl (C=O) groups is 1. The Morgan fingerprint density at radius 2 is 1.20 bits per heavy atom. The van der Waals surface area contributed by atoms with Gasteiger partial charge in [0, 0.05) is 6.92 Å². The number of esters is 1. The van der Waals surface area contributed by atoms with Crippen molar-refractivity contribution in [1.82, 2.24) is 0 Å². The molecule has 6 heteroatoms. The SMILES string of the molecule is CC(=O)OC1O[C@@H]([C@@H](C)OCc2ccccc2)[C@H](OCc2ccccc2)[C@H]1OCc1ccccc1. The predicted octanol–water partition coefficient (Wildman–Crippen LogP) is 5.05. The van der Waals surface area contributed by atoms with Crippen LogP contribution in [0.5, 0.6) is 0 Å². The lowest BCUT2D eigenvalue weighted by atomic mass is 10.1. The monoisotopic (exact) mass is 476 g/mol. The van der Waals surface area contributed by atoms with E-state index in [0.29, 0.717) is 19.8 Å². The highest BCUT2D eigenvalue weighted by Gasteiger charge is 2.50. The Hall–Kier alpha value is -3.03. The number of carbonyl (C=O) groups excluding carboxylic acids is 1. The predicted molar refractivity (Wildman–Crippen MR) is 131 cm³/mol. The summed E-state index contributed by atoms with van der Waals surface area (Å²) in [5.74, 6) is -0.441. The van der Waals surface area contributed by atoms with Crippen LogP contribution in [0.15, 0.2) is 91.0 Å². The maximum atomic E-state index is 11.9. The van der Waals surface area contributed by atoms with Crippen LogP contribution in [-0.4, -0.2) is 36.7 Å². The lowest BCUT2D eigenvalue weighted by Gasteiger charge is -2.27. The minimum absolute atomic E-state index is 0.334. The summed E-state index contributed by atoms with van der Waals surface area (Å²) in [7, 11) is 0. The van der Waals surface area contributed by atoms with Gasteiger partial charge in [-0.15, -0.1) is 0 Å². The van der Waals surface area contributed by atoms with E-state index in [9.17, 15) is 4.79 Å². The van der Waals surface area contributed by atoms with Crippen molar-refractivity contribution in [3.8, 4) is 0 Å². The lowest BCUT2D eigenvalue weighted by Crippen LogP contribution is -2.42. The van der Waals surface area contributed by atoms with Gasteiger partial charge in [0.2, 0.25) is 6.29 Å². The van der Waals surface area contributed by atoms with Gasteiger partial charge < -0.3 is 23.7 Å². The fraction of sp³-hybridized carbons (Fsp3) is 0.345. The molecule has 3 aromatic rings. The van der Waals surface area contributed by atoms with Crippen LogP contribution in [0.4, 0.5) is 0 Å². The molecule has 35 heavy (non-hydrogen) atoms. The van der Waals surface area contributed by atoms with Crippen molar-refractivity contribution in [2.75, 3.05) is 0 Å². The molecular weight excluding hydrogens is 444 g/mol. The highest BCUT2D eigenvalue weighted by atomic mass is 16.7. The van der Waals surface area contributed by atoms with Crippen molar-refractivity contribution in [3.63, 3.8) is 0 Å². The summed E-state index contributed by atoms with van der Waals surface area (Å²) in [5.41, 5.74) is 3.10. The summed E-state index contributed by atoms with van der Waals surface area (Å²) in [6.07, 6.45) is -2.85. The average Bonchev–Trinajstić information content (AvgIpc) is 3.23. The van der Waals surface area contributed by atoms with Crippen molar-refractivity contribution >= 4 is 5.97 Å². The van der Waals surface area contributed by atoms with Crippen LogP contribution in [-0.2, 0) is 48.3 Å². The standard InChI is InChI=1S/C29H32O6/c1-21(31-18-23-12-6-3-7-13-23)26-27(32-19-24-14-8-4-9-15-24)28(29(35-26)34-22(2)30)33-20-25-16-10-5-11-17-25/h3-17,21,26-29H,18-20H2,1-2H3/t21-,26+,27+,28-,29?/m1/s1. The van der Waals surface area contributed by atoms with Crippen LogP contribution in [0.3, 0.4) is 0 Å². The van der Waals surface area contributed by atoms with E-state index in [2.05, 4.69) is 0 Å². The van der Waals surface area contributed by atoms with Gasteiger partial charge in [0.15, 0.2) is 0 Å². The van der Waals surface area contributed by atoms with E-state index in [-0.39, 0.29) is 6.10 Å². The molecule has 0 amide bonds. The van der Waals surface area contributed by atoms with E-state index >= 15 is 0 Å². The Morgan fingerprint density at radius 3 is 1.69 bits per heavy atom. The topological polar surface area (TPSA) is 63.2 Å². The molecule has 6 nitrogen and oxygen atoms in total. The van der Waals surface area contributed by atoms with Gasteiger partial charge >= 0.3 is 5.97 Å². The maximum Gasteiger partial charge on any atom is 0.305 e. The van der Waals surface area contributed by atoms with Crippen molar-refractivity contribution in [3.05, 3.63) is 108 Å². The van der Waals surface area contributed by atoms with E-state index in [0.717, 1.165) is 16.7 Å². The summed E-state index contributed by atoms with van der Waals surface area (Å²) in [5, 5.41) is 0. The summed E-state index contributed by atoms with van der Waals surface area (Å²) in [4.78, 5) is 11.9. The Kier molecular flexibility index (Phi) is 9.03. The van der Waals surface area contributed by atoms with Crippen molar-refractivity contribution in [2.45, 2.75) is 64.4 Å². The fourth-order valence-electron chi connectivity index (χ4n) is 4.08. The molecule has 0 N–H and O–H groups in total. The number of benzene rings is 3. The third-order valence-corrected chi connectivity index (χ3v) is 5.88. The molecule has 1 aliphatic rings. The van der Waals surface area contributed by atoms with E-state index in [1.165, 1.54) is 6.92 Å². The summed E-state index contributed by atoms with van der Waals surface area (Å²) in [6.45, 7) is 4.44. The second kappa shape index (κ2) is 12.6. The molecule has 3 aromatic carbocycles. The number of hydrogen-bond donors (Lipinski definition) is 0. The van der Waals surface area contributed by atoms with Crippen LogP contribution in [0.2, 0.25) is 0 Å². The zero-order valence-electron chi connectivity index (χ0n) is 20.1. The van der Waals surface area contributed by atoms with Crippen molar-refractivity contribution in [1.29, 1.82) is 0 Å². The Labute approximate surface area is 206 Å². The minimum atomic E-state index is -0.898. The van der Waals surface area contributed by atoms with Crippen LogP contribution in [0.1, 0.15) is 30.5 Å². The molecule has 1 saturated heterocycles. The molecule has 5 atom stereocenters. The molecule has 4 rings (SSSR count). The van der Waals surface area contributed by atoms with Gasteiger partial charge in [-0.05, 0) is 23.6 Å². The molecule has 184 valence electrons. The third-order valence-electron chi connectivity index (χ3n) is 5.88. The van der Waals surface area contributed by atoms with Crippen LogP contribution in [0.25, 0.3) is 0 Å². The third kappa shape index (κ3) is 7.23. The van der Waals surface area contributed by atoms with Gasteiger partial charge in [-0.25, -0.2) is 0 Å². The lowest BCUT2D eigenvalue weighted by molar-refractivity contribution is -0.199. The molecule has 0 bridgehead atoms. The molecule has 0 aliphatic carbocycles. The number of rotatable bonds is 11. The van der Waals surface area contributed by atoms with Crippen molar-refractivity contribution < 1.29 is 28.5 Å². The zero-order chi connectivity index (χ0) is 24.5. The maximum absolute atomic E-state index is 11.9. The smallest absolute Gasteiger partial charge is 0.305 e. The Balaban J connectivity index is 1.51. The van der Waals surface area contributed by atoms with E-state index in [4.69, 9.17) is 23.7 Å². The summed E-state index contributed by atoms with van der Waals surface area (Å²) >= 11 is 0. The molecule has 0 radical (unpaired) electrons. The molecule has 1 unspecified atom stereocenters. The molecule has 1 aliphatic heterocycles. The number of ether oxygens (including phenoxy) is 5. The van der Waals surface area contributed by atoms with E-state index in [1.54, 1.807) is 0 Å². The van der Waals surface area contributed by atoms with Crippen LogP contribution < -0.4 is 0 Å². The number of hydrogen-bond acceptors (Lipinski definition) is 6. The molecule has 0 aromatic heterocycles. The van der Waals surface area contributed by atoms with Gasteiger partial charge in [0.25, 0.3) is 0 Å². The zero-order valence-corrected chi connectivity index (χ0v) is 20.1. The quantitative estimate of drug-likeness (QED) is 0.361. The molecular formula is C29H32O6. The minimum Gasteiger partial charge on any atom is -0.433 e. The van der Waals surface area contributed by atoms with Gasteiger partial charge in [-0.2, -0.15) is 0 Å². The van der Waals surface area contributed by atoms with Crippen LogP contribution in [0, 0.1) is 0 Å². The van der Waals surface area contributed by atoms with Gasteiger partial charge in [-0.1, -0.05) is 91.0 Å². The second-order valence-corrected chi connectivity index (χ2v) is 8.60. The average molecular weight is 477 g/mol. The first-order valence-corrected chi connectivity index (χ1v) is 11.9. The summed E-state index contributed by atoms with van der Waals surface area (Å²) in [6, 6.07) is 29.7. The van der Waals surface area contributed by atoms with Crippen LogP contribution >= 0.6 is 0 Å². The molecule has 1 fully saturated rings. The van der Waals surface area contributed by atoms with E-state index < -0.39 is 30.6 Å². The fourth-order valence-corrected chi connectivity index (χ4v) is 4.08. The van der Waals surface area contributed by atoms with Gasteiger partial charge in [-0.3, -0.25) is 4.79 Å². The highest BCUT2D eigenvalue weighted by molar-refractivity contribution is 5.66. The first kappa shape index (κ1) is 25.1. The second-order valence-electron chi connectivity index (χ2n) is 8.60. The first-order valence-electron chi connectivity index (χ1n) is 11.9. The normalized spacial score (nSPS) is 22.6. The van der Waals surface area contributed by atoms with Crippen molar-refractivity contribution in [2.24, 2.45) is 0 Å². The molecule has 0 saturated carbocycles. The Morgan fingerprint density at radius 1 is 0.743 bits per heavy atom. The molecule has 1 heterocycles. The molecule has 0 spiro atoms. The first-order chi connectivity index (χ1) is 17.1. The van der Waals surface area contributed by atoms with E-state index in [1.807, 2.05) is 97.9 Å². The largest absolute Gasteiger partial charge is 0.433 e. The van der Waals surface area contributed by atoms with Gasteiger partial charge in [0.05, 0.1) is 25.9 Å². The highest BCUT2D eigenvalue weighted by Crippen LogP contribution is 2.32.